The maximum atomic E-state index is 12.1. The Bertz CT molecular complexity index is 336. The van der Waals surface area contributed by atoms with Gasteiger partial charge in [0.25, 0.3) is 0 Å². The minimum absolute atomic E-state index is 0.0956. The molecule has 4 heteroatoms. The zero-order chi connectivity index (χ0) is 12.4. The maximum Gasteiger partial charge on any atom is 0.240 e. The molecular formula is C13H20N2O2. The average Bonchev–Trinajstić information content (AvgIpc) is 2.93. The van der Waals surface area contributed by atoms with Gasteiger partial charge in [-0.3, -0.25) is 4.79 Å². The van der Waals surface area contributed by atoms with E-state index < -0.39 is 5.41 Å². The monoisotopic (exact) mass is 236 g/mol. The van der Waals surface area contributed by atoms with Crippen LogP contribution in [-0.4, -0.2) is 24.2 Å². The lowest BCUT2D eigenvalue weighted by Gasteiger charge is -2.22. The molecule has 94 valence electrons. The van der Waals surface area contributed by atoms with Gasteiger partial charge in [-0.1, -0.05) is 12.8 Å². The molecule has 2 saturated carbocycles. The van der Waals surface area contributed by atoms with E-state index in [1.54, 1.807) is 0 Å². The molecule has 0 aromatic carbocycles. The summed E-state index contributed by atoms with van der Waals surface area (Å²) in [6.07, 6.45) is 6.25. The number of nitrogens with one attached hydrogen (secondary N) is 1. The van der Waals surface area contributed by atoms with Crippen molar-refractivity contribution < 1.29 is 9.90 Å². The van der Waals surface area contributed by atoms with Crippen molar-refractivity contribution in [1.29, 1.82) is 5.26 Å². The maximum absolute atomic E-state index is 12.1. The Balaban J connectivity index is 1.87. The quantitative estimate of drug-likeness (QED) is 0.756. The number of aliphatic hydroxyl groups is 1. The molecule has 0 saturated heterocycles. The fourth-order valence-electron chi connectivity index (χ4n) is 2.73. The van der Waals surface area contributed by atoms with Crippen LogP contribution in [0.1, 0.15) is 44.9 Å². The third kappa shape index (κ3) is 2.44. The molecule has 0 aromatic rings. The van der Waals surface area contributed by atoms with Crippen LogP contribution in [0.25, 0.3) is 0 Å². The lowest BCUT2D eigenvalue weighted by molar-refractivity contribution is -0.128. The number of nitrogens with zero attached hydrogens (tertiary/aromatic N) is 1. The lowest BCUT2D eigenvalue weighted by Crippen LogP contribution is -2.41. The molecule has 0 unspecified atom stereocenters. The Hall–Kier alpha value is -1.08. The van der Waals surface area contributed by atoms with Gasteiger partial charge in [0.1, 0.15) is 5.41 Å². The molecule has 0 atom stereocenters. The van der Waals surface area contributed by atoms with Gasteiger partial charge in [0.2, 0.25) is 5.91 Å². The standard InChI is InChI=1S/C13H20N2O2/c14-9-13(3-1-2-4-13)11(17)15-10-12(5-6-12)7-8-16/h16H,1-8,10H2,(H,15,17). The van der Waals surface area contributed by atoms with Crippen molar-refractivity contribution in [2.45, 2.75) is 44.9 Å². The molecule has 2 fully saturated rings. The van der Waals surface area contributed by atoms with Crippen molar-refractivity contribution in [3.63, 3.8) is 0 Å². The van der Waals surface area contributed by atoms with E-state index in [-0.39, 0.29) is 17.9 Å². The van der Waals surface area contributed by atoms with Gasteiger partial charge in [-0.05, 0) is 37.5 Å². The summed E-state index contributed by atoms with van der Waals surface area (Å²) in [6.45, 7) is 0.801. The van der Waals surface area contributed by atoms with Crippen molar-refractivity contribution in [2.24, 2.45) is 10.8 Å². The first kappa shape index (κ1) is 12.4. The van der Waals surface area contributed by atoms with Crippen LogP contribution in [0, 0.1) is 22.2 Å². The molecular weight excluding hydrogens is 216 g/mol. The summed E-state index contributed by atoms with van der Waals surface area (Å²) in [6, 6.07) is 2.20. The Morgan fingerprint density at radius 2 is 1.94 bits per heavy atom. The number of carbonyl (C=O) groups is 1. The van der Waals surface area contributed by atoms with Crippen LogP contribution in [0.5, 0.6) is 0 Å². The molecule has 17 heavy (non-hydrogen) atoms. The highest BCUT2D eigenvalue weighted by molar-refractivity contribution is 5.85. The number of amides is 1. The van der Waals surface area contributed by atoms with Gasteiger partial charge in [0.15, 0.2) is 0 Å². The molecule has 0 radical (unpaired) electrons. The summed E-state index contributed by atoms with van der Waals surface area (Å²) < 4.78 is 0. The number of hydrogen-bond donors (Lipinski definition) is 2. The van der Waals surface area contributed by atoms with Gasteiger partial charge >= 0.3 is 0 Å². The van der Waals surface area contributed by atoms with Gasteiger partial charge in [-0.25, -0.2) is 0 Å². The Morgan fingerprint density at radius 1 is 1.29 bits per heavy atom. The van der Waals surface area contributed by atoms with E-state index in [0.29, 0.717) is 19.4 Å². The molecule has 4 nitrogen and oxygen atoms in total. The van der Waals surface area contributed by atoms with Gasteiger partial charge in [0, 0.05) is 13.2 Å². The minimum atomic E-state index is -0.769. The van der Waals surface area contributed by atoms with Crippen molar-refractivity contribution in [3.05, 3.63) is 0 Å². The Kier molecular flexibility index (Phi) is 3.39. The van der Waals surface area contributed by atoms with Crippen LogP contribution >= 0.6 is 0 Å². The number of rotatable bonds is 5. The van der Waals surface area contributed by atoms with Crippen LogP contribution in [0.4, 0.5) is 0 Å². The van der Waals surface area contributed by atoms with Gasteiger partial charge < -0.3 is 10.4 Å². The van der Waals surface area contributed by atoms with Gasteiger partial charge in [-0.15, -0.1) is 0 Å². The van der Waals surface area contributed by atoms with E-state index in [2.05, 4.69) is 11.4 Å². The fourth-order valence-corrected chi connectivity index (χ4v) is 2.73. The molecule has 0 heterocycles. The summed E-state index contributed by atoms with van der Waals surface area (Å²) in [4.78, 5) is 12.1. The molecule has 0 aromatic heterocycles. The molecule has 2 aliphatic rings. The number of nitriles is 1. The first-order valence-electron chi connectivity index (χ1n) is 6.47. The van der Waals surface area contributed by atoms with Crippen LogP contribution in [-0.2, 0) is 4.79 Å². The normalized spacial score (nSPS) is 24.0. The second-order valence-electron chi connectivity index (χ2n) is 5.56. The van der Waals surface area contributed by atoms with Crippen LogP contribution in [0.15, 0.2) is 0 Å². The molecule has 0 aliphatic heterocycles. The van der Waals surface area contributed by atoms with Crippen molar-refractivity contribution in [1.82, 2.24) is 5.32 Å². The van der Waals surface area contributed by atoms with Crippen LogP contribution < -0.4 is 5.32 Å². The minimum Gasteiger partial charge on any atom is -0.396 e. The van der Waals surface area contributed by atoms with E-state index in [1.165, 1.54) is 0 Å². The van der Waals surface area contributed by atoms with E-state index in [1.807, 2.05) is 0 Å². The van der Waals surface area contributed by atoms with Crippen LogP contribution in [0.2, 0.25) is 0 Å². The van der Waals surface area contributed by atoms with Crippen molar-refractivity contribution in [2.75, 3.05) is 13.2 Å². The van der Waals surface area contributed by atoms with E-state index in [9.17, 15) is 10.1 Å². The third-order valence-electron chi connectivity index (χ3n) is 4.33. The van der Waals surface area contributed by atoms with E-state index in [0.717, 1.165) is 32.1 Å². The zero-order valence-electron chi connectivity index (χ0n) is 10.2. The molecule has 2 rings (SSSR count). The Labute approximate surface area is 102 Å². The lowest BCUT2D eigenvalue weighted by atomic mass is 9.86. The van der Waals surface area contributed by atoms with E-state index in [4.69, 9.17) is 5.11 Å². The second kappa shape index (κ2) is 4.66. The largest absolute Gasteiger partial charge is 0.396 e. The smallest absolute Gasteiger partial charge is 0.240 e. The number of hydrogen-bond acceptors (Lipinski definition) is 3. The average molecular weight is 236 g/mol. The second-order valence-corrected chi connectivity index (χ2v) is 5.56. The topological polar surface area (TPSA) is 73.1 Å². The predicted molar refractivity (Wildman–Crippen MR) is 62.9 cm³/mol. The first-order valence-corrected chi connectivity index (χ1v) is 6.47. The highest BCUT2D eigenvalue weighted by Gasteiger charge is 2.45. The summed E-state index contributed by atoms with van der Waals surface area (Å²) >= 11 is 0. The Morgan fingerprint density at radius 3 is 2.41 bits per heavy atom. The van der Waals surface area contributed by atoms with Gasteiger partial charge in [-0.2, -0.15) is 5.26 Å². The van der Waals surface area contributed by atoms with Crippen molar-refractivity contribution >= 4 is 5.91 Å². The first-order chi connectivity index (χ1) is 8.16. The summed E-state index contributed by atoms with van der Waals surface area (Å²) in [5, 5.41) is 21.1. The van der Waals surface area contributed by atoms with E-state index >= 15 is 0 Å². The molecule has 2 aliphatic carbocycles. The fraction of sp³-hybridized carbons (Fsp3) is 0.846. The highest BCUT2D eigenvalue weighted by atomic mass is 16.3. The zero-order valence-corrected chi connectivity index (χ0v) is 10.2. The highest BCUT2D eigenvalue weighted by Crippen LogP contribution is 2.48. The third-order valence-corrected chi connectivity index (χ3v) is 4.33. The molecule has 1 amide bonds. The molecule has 0 spiro atoms. The summed E-state index contributed by atoms with van der Waals surface area (Å²) in [7, 11) is 0. The summed E-state index contributed by atoms with van der Waals surface area (Å²) in [5.74, 6) is -0.0956. The molecule has 2 N–H and O–H groups in total. The van der Waals surface area contributed by atoms with Crippen LogP contribution in [0.3, 0.4) is 0 Å². The van der Waals surface area contributed by atoms with Crippen molar-refractivity contribution in [3.8, 4) is 6.07 Å². The SMILES string of the molecule is N#CC1(C(=O)NCC2(CCO)CC2)CCCC1. The van der Waals surface area contributed by atoms with Gasteiger partial charge in [0.05, 0.1) is 6.07 Å². The summed E-state index contributed by atoms with van der Waals surface area (Å²) in [5.41, 5.74) is -0.644. The number of aliphatic hydroxyl groups excluding tert-OH is 1. The molecule has 0 bridgehead atoms. The number of carbonyl (C=O) groups excluding carboxylic acids is 1. The predicted octanol–water partition coefficient (Wildman–Crippen LogP) is 1.35.